The molecule has 2 rings (SSSR count). The zero-order chi connectivity index (χ0) is 14.0. The molecule has 2 aromatic rings. The van der Waals surface area contributed by atoms with Gasteiger partial charge in [-0.2, -0.15) is 0 Å². The Kier molecular flexibility index (Phi) is 4.13. The van der Waals surface area contributed by atoms with Crippen LogP contribution in [0.1, 0.15) is 22.8 Å². The number of hydrogen-bond acceptors (Lipinski definition) is 2. The number of hydrogen-bond donors (Lipinski definition) is 1. The zero-order valence-electron chi connectivity index (χ0n) is 10.6. The fourth-order valence-electron chi connectivity index (χ4n) is 1.81. The van der Waals surface area contributed by atoms with Gasteiger partial charge < -0.3 is 5.32 Å². The molecule has 0 radical (unpaired) electrons. The highest BCUT2D eigenvalue weighted by Crippen LogP contribution is 2.35. The lowest BCUT2D eigenvalue weighted by molar-refractivity contribution is 0.101. The molecule has 0 fully saturated rings. The number of nitrogens with one attached hydrogen (secondary N) is 1. The average molecular weight is 294 g/mol. The van der Waals surface area contributed by atoms with E-state index in [9.17, 15) is 4.79 Å². The second-order valence-electron chi connectivity index (χ2n) is 4.28. The molecule has 19 heavy (non-hydrogen) atoms. The molecule has 0 aliphatic heterocycles. The summed E-state index contributed by atoms with van der Waals surface area (Å²) in [5.74, 6) is -0.0111. The maximum Gasteiger partial charge on any atom is 0.161 e. The molecule has 0 aromatic heterocycles. The van der Waals surface area contributed by atoms with Crippen LogP contribution < -0.4 is 5.32 Å². The van der Waals surface area contributed by atoms with Gasteiger partial charge in [-0.3, -0.25) is 4.79 Å². The minimum Gasteiger partial charge on any atom is -0.352 e. The largest absolute Gasteiger partial charge is 0.352 e. The maximum atomic E-state index is 11.6. The molecule has 0 bridgehead atoms. The third-order valence-electron chi connectivity index (χ3n) is 2.85. The molecule has 2 nitrogen and oxygen atoms in total. The Hall–Kier alpha value is -1.51. The Balaban J connectivity index is 2.48. The lowest BCUT2D eigenvalue weighted by atomic mass is 10.1. The molecular weight excluding hydrogens is 281 g/mol. The summed E-state index contributed by atoms with van der Waals surface area (Å²) in [6, 6.07) is 10.9. The van der Waals surface area contributed by atoms with E-state index < -0.39 is 0 Å². The summed E-state index contributed by atoms with van der Waals surface area (Å²) in [6.45, 7) is 3.43. The fraction of sp³-hybridized carbons (Fsp3) is 0.133. The van der Waals surface area contributed by atoms with Gasteiger partial charge in [0.25, 0.3) is 0 Å². The third-order valence-corrected chi connectivity index (χ3v) is 3.65. The quantitative estimate of drug-likeness (QED) is 0.783. The number of anilines is 2. The summed E-state index contributed by atoms with van der Waals surface area (Å²) in [6.07, 6.45) is 0. The van der Waals surface area contributed by atoms with Gasteiger partial charge in [-0.1, -0.05) is 41.4 Å². The molecule has 0 aliphatic rings. The van der Waals surface area contributed by atoms with E-state index in [1.807, 2.05) is 31.2 Å². The van der Waals surface area contributed by atoms with Crippen LogP contribution in [0.15, 0.2) is 36.4 Å². The topological polar surface area (TPSA) is 29.1 Å². The van der Waals surface area contributed by atoms with Gasteiger partial charge in [0, 0.05) is 11.3 Å². The van der Waals surface area contributed by atoms with Crippen molar-refractivity contribution in [3.8, 4) is 0 Å². The van der Waals surface area contributed by atoms with Crippen molar-refractivity contribution in [2.45, 2.75) is 13.8 Å². The number of carbonyl (C=O) groups is 1. The van der Waals surface area contributed by atoms with Crippen molar-refractivity contribution in [1.82, 2.24) is 0 Å². The van der Waals surface area contributed by atoms with Gasteiger partial charge >= 0.3 is 0 Å². The van der Waals surface area contributed by atoms with Gasteiger partial charge in [0.1, 0.15) is 0 Å². The number of aryl methyl sites for hydroxylation is 1. The molecule has 0 heterocycles. The van der Waals surface area contributed by atoms with Crippen LogP contribution in [0.3, 0.4) is 0 Å². The van der Waals surface area contributed by atoms with Crippen LogP contribution in [0.25, 0.3) is 0 Å². The summed E-state index contributed by atoms with van der Waals surface area (Å²) in [7, 11) is 0. The van der Waals surface area contributed by atoms with Crippen LogP contribution in [-0.2, 0) is 0 Å². The van der Waals surface area contributed by atoms with E-state index in [2.05, 4.69) is 5.32 Å². The van der Waals surface area contributed by atoms with Crippen LogP contribution >= 0.6 is 23.2 Å². The molecule has 0 unspecified atom stereocenters. The SMILES string of the molecule is CC(=O)c1ccccc1Nc1c(Cl)ccc(C)c1Cl. The summed E-state index contributed by atoms with van der Waals surface area (Å²) in [4.78, 5) is 11.6. The monoisotopic (exact) mass is 293 g/mol. The lowest BCUT2D eigenvalue weighted by Gasteiger charge is -2.14. The van der Waals surface area contributed by atoms with E-state index in [1.54, 1.807) is 12.1 Å². The third kappa shape index (κ3) is 2.91. The predicted octanol–water partition coefficient (Wildman–Crippen LogP) is 5.25. The van der Waals surface area contributed by atoms with E-state index in [-0.39, 0.29) is 5.78 Å². The number of carbonyl (C=O) groups excluding carboxylic acids is 1. The Morgan fingerprint density at radius 2 is 1.79 bits per heavy atom. The first-order valence-corrected chi connectivity index (χ1v) is 6.58. The van der Waals surface area contributed by atoms with E-state index in [1.165, 1.54) is 6.92 Å². The zero-order valence-corrected chi connectivity index (χ0v) is 12.1. The van der Waals surface area contributed by atoms with Crippen molar-refractivity contribution in [3.63, 3.8) is 0 Å². The number of rotatable bonds is 3. The highest BCUT2D eigenvalue weighted by molar-refractivity contribution is 6.39. The van der Waals surface area contributed by atoms with E-state index in [0.29, 0.717) is 27.0 Å². The van der Waals surface area contributed by atoms with Gasteiger partial charge in [0.2, 0.25) is 0 Å². The second-order valence-corrected chi connectivity index (χ2v) is 5.07. The Morgan fingerprint density at radius 1 is 1.11 bits per heavy atom. The molecule has 4 heteroatoms. The van der Waals surface area contributed by atoms with Crippen molar-refractivity contribution in [1.29, 1.82) is 0 Å². The van der Waals surface area contributed by atoms with Crippen LogP contribution in [-0.4, -0.2) is 5.78 Å². The van der Waals surface area contributed by atoms with Crippen molar-refractivity contribution < 1.29 is 4.79 Å². The second kappa shape index (κ2) is 5.64. The van der Waals surface area contributed by atoms with Crippen LogP contribution in [0, 0.1) is 6.92 Å². The Labute approximate surface area is 122 Å². The smallest absolute Gasteiger partial charge is 0.161 e. The number of halogens is 2. The minimum absolute atomic E-state index is 0.0111. The minimum atomic E-state index is -0.0111. The summed E-state index contributed by atoms with van der Waals surface area (Å²) >= 11 is 12.4. The molecular formula is C15H13Cl2NO. The first kappa shape index (κ1) is 13.9. The average Bonchev–Trinajstić information content (AvgIpc) is 2.39. The fourth-order valence-corrected chi connectivity index (χ4v) is 2.27. The van der Waals surface area contributed by atoms with Gasteiger partial charge in [-0.25, -0.2) is 0 Å². The molecule has 0 amide bonds. The van der Waals surface area contributed by atoms with Crippen LogP contribution in [0.4, 0.5) is 11.4 Å². The van der Waals surface area contributed by atoms with Crippen molar-refractivity contribution >= 4 is 40.4 Å². The van der Waals surface area contributed by atoms with Crippen molar-refractivity contribution in [2.75, 3.05) is 5.32 Å². The molecule has 98 valence electrons. The lowest BCUT2D eigenvalue weighted by Crippen LogP contribution is -2.01. The predicted molar refractivity (Wildman–Crippen MR) is 80.9 cm³/mol. The number of benzene rings is 2. The number of para-hydroxylation sites is 1. The van der Waals surface area contributed by atoms with E-state index >= 15 is 0 Å². The Morgan fingerprint density at radius 3 is 2.47 bits per heavy atom. The van der Waals surface area contributed by atoms with Crippen molar-refractivity contribution in [2.24, 2.45) is 0 Å². The van der Waals surface area contributed by atoms with Gasteiger partial charge in [-0.15, -0.1) is 0 Å². The molecule has 0 saturated carbocycles. The number of Topliss-reactive ketones (excluding diaryl/α,β-unsaturated/α-hetero) is 1. The van der Waals surface area contributed by atoms with Gasteiger partial charge in [-0.05, 0) is 37.6 Å². The summed E-state index contributed by atoms with van der Waals surface area (Å²) in [5.41, 5.74) is 2.85. The maximum absolute atomic E-state index is 11.6. The van der Waals surface area contributed by atoms with Crippen LogP contribution in [0.2, 0.25) is 10.0 Å². The molecule has 0 aliphatic carbocycles. The number of ketones is 1. The molecule has 0 spiro atoms. The van der Waals surface area contributed by atoms with Gasteiger partial charge in [0.05, 0.1) is 15.7 Å². The van der Waals surface area contributed by atoms with Gasteiger partial charge in [0.15, 0.2) is 5.78 Å². The molecule has 0 atom stereocenters. The standard InChI is InChI=1S/C15H13Cl2NO/c1-9-7-8-12(16)15(14(9)17)18-13-6-4-3-5-11(13)10(2)19/h3-8,18H,1-2H3. The molecule has 1 N–H and O–H groups in total. The summed E-state index contributed by atoms with van der Waals surface area (Å²) in [5, 5.41) is 4.23. The highest BCUT2D eigenvalue weighted by Gasteiger charge is 2.12. The highest BCUT2D eigenvalue weighted by atomic mass is 35.5. The van der Waals surface area contributed by atoms with Crippen LogP contribution in [0.5, 0.6) is 0 Å². The molecule has 0 saturated heterocycles. The summed E-state index contributed by atoms with van der Waals surface area (Å²) < 4.78 is 0. The first-order chi connectivity index (χ1) is 9.00. The first-order valence-electron chi connectivity index (χ1n) is 5.82. The van der Waals surface area contributed by atoms with Crippen molar-refractivity contribution in [3.05, 3.63) is 57.6 Å². The molecule has 2 aromatic carbocycles. The van der Waals surface area contributed by atoms with E-state index in [4.69, 9.17) is 23.2 Å². The Bertz CT molecular complexity index is 638. The normalized spacial score (nSPS) is 10.3. The van der Waals surface area contributed by atoms with E-state index in [0.717, 1.165) is 5.56 Å².